The van der Waals surface area contributed by atoms with Crippen LogP contribution in [0.1, 0.15) is 75.7 Å². The topological polar surface area (TPSA) is 67.2 Å². The zero-order valence-electron chi connectivity index (χ0n) is 17.9. The molecule has 1 atom stereocenters. The van der Waals surface area contributed by atoms with Gasteiger partial charge in [-0.3, -0.25) is 9.59 Å². The lowest BCUT2D eigenvalue weighted by molar-refractivity contribution is -0.160. The SMILES string of the molecule is O=C(NCc1cn2c(n1)CCCC2)C1CCCN1C(=O)C12CC3CC(CC(C3)C1)C2. The number of aromatic nitrogens is 2. The number of hydrogen-bond acceptors (Lipinski definition) is 3. The zero-order valence-corrected chi connectivity index (χ0v) is 17.9. The van der Waals surface area contributed by atoms with Crippen molar-refractivity contribution < 1.29 is 9.59 Å². The lowest BCUT2D eigenvalue weighted by atomic mass is 9.49. The summed E-state index contributed by atoms with van der Waals surface area (Å²) in [5.74, 6) is 3.71. The van der Waals surface area contributed by atoms with Gasteiger partial charge in [0.1, 0.15) is 11.9 Å². The molecule has 1 N–H and O–H groups in total. The summed E-state index contributed by atoms with van der Waals surface area (Å²) >= 11 is 0. The van der Waals surface area contributed by atoms with Crippen LogP contribution in [-0.4, -0.2) is 38.9 Å². The first-order chi connectivity index (χ1) is 14.6. The molecule has 3 heterocycles. The van der Waals surface area contributed by atoms with Crippen molar-refractivity contribution >= 4 is 11.8 Å². The second-order valence-electron chi connectivity index (χ2n) is 10.9. The van der Waals surface area contributed by atoms with Gasteiger partial charge in [0.15, 0.2) is 0 Å². The first-order valence-corrected chi connectivity index (χ1v) is 12.2. The van der Waals surface area contributed by atoms with Gasteiger partial charge in [-0.1, -0.05) is 0 Å². The molecule has 2 amide bonds. The molecule has 6 heteroatoms. The molecule has 162 valence electrons. The fraction of sp³-hybridized carbons (Fsp3) is 0.792. The summed E-state index contributed by atoms with van der Waals surface area (Å²) in [7, 11) is 0. The molecule has 7 rings (SSSR count). The number of fused-ring (bicyclic) bond motifs is 1. The van der Waals surface area contributed by atoms with E-state index in [1.54, 1.807) is 0 Å². The number of carbonyl (C=O) groups excluding carboxylic acids is 2. The molecule has 1 saturated heterocycles. The largest absolute Gasteiger partial charge is 0.349 e. The molecule has 6 aliphatic rings. The molecular weight excluding hydrogens is 376 g/mol. The highest BCUT2D eigenvalue weighted by molar-refractivity contribution is 5.91. The van der Waals surface area contributed by atoms with E-state index in [0.29, 0.717) is 12.5 Å². The maximum Gasteiger partial charge on any atom is 0.243 e. The average Bonchev–Trinajstić information content (AvgIpc) is 3.37. The summed E-state index contributed by atoms with van der Waals surface area (Å²) < 4.78 is 2.23. The van der Waals surface area contributed by atoms with Gasteiger partial charge in [-0.15, -0.1) is 0 Å². The molecule has 5 fully saturated rings. The monoisotopic (exact) mass is 410 g/mol. The van der Waals surface area contributed by atoms with Gasteiger partial charge < -0.3 is 14.8 Å². The number of carbonyl (C=O) groups is 2. The highest BCUT2D eigenvalue weighted by Crippen LogP contribution is 2.60. The molecule has 1 unspecified atom stereocenters. The Morgan fingerprint density at radius 2 is 1.77 bits per heavy atom. The van der Waals surface area contributed by atoms with Crippen LogP contribution in [0.2, 0.25) is 0 Å². The molecule has 0 radical (unpaired) electrons. The summed E-state index contributed by atoms with van der Waals surface area (Å²) in [6, 6.07) is -0.289. The van der Waals surface area contributed by atoms with Crippen molar-refractivity contribution in [1.29, 1.82) is 0 Å². The van der Waals surface area contributed by atoms with Crippen molar-refractivity contribution in [1.82, 2.24) is 19.8 Å². The van der Waals surface area contributed by atoms with Gasteiger partial charge in [0.05, 0.1) is 17.7 Å². The highest BCUT2D eigenvalue weighted by atomic mass is 16.2. The van der Waals surface area contributed by atoms with E-state index in [-0.39, 0.29) is 17.4 Å². The van der Waals surface area contributed by atoms with E-state index in [1.807, 2.05) is 4.90 Å². The van der Waals surface area contributed by atoms with Gasteiger partial charge >= 0.3 is 0 Å². The van der Waals surface area contributed by atoms with Crippen LogP contribution in [0.5, 0.6) is 0 Å². The lowest BCUT2D eigenvalue weighted by Crippen LogP contribution is -2.57. The molecule has 30 heavy (non-hydrogen) atoms. The van der Waals surface area contributed by atoms with Crippen LogP contribution in [0.25, 0.3) is 0 Å². The molecule has 1 aromatic rings. The molecular formula is C24H34N4O2. The van der Waals surface area contributed by atoms with E-state index in [0.717, 1.165) is 80.9 Å². The number of rotatable bonds is 4. The Labute approximate surface area is 178 Å². The molecule has 0 aromatic carbocycles. The van der Waals surface area contributed by atoms with Crippen LogP contribution < -0.4 is 5.32 Å². The highest BCUT2D eigenvalue weighted by Gasteiger charge is 2.56. The third kappa shape index (κ3) is 3.09. The minimum atomic E-state index is -0.289. The van der Waals surface area contributed by atoms with Crippen LogP contribution in [0, 0.1) is 23.2 Å². The van der Waals surface area contributed by atoms with Gasteiger partial charge in [-0.05, 0) is 82.0 Å². The number of aryl methyl sites for hydroxylation is 2. The van der Waals surface area contributed by atoms with E-state index in [2.05, 4.69) is 16.1 Å². The van der Waals surface area contributed by atoms with E-state index < -0.39 is 0 Å². The maximum absolute atomic E-state index is 13.8. The quantitative estimate of drug-likeness (QED) is 0.830. The van der Waals surface area contributed by atoms with Crippen molar-refractivity contribution in [2.24, 2.45) is 23.2 Å². The fourth-order valence-electron chi connectivity index (χ4n) is 7.81. The second-order valence-corrected chi connectivity index (χ2v) is 10.9. The van der Waals surface area contributed by atoms with Crippen molar-refractivity contribution in [3.05, 3.63) is 17.7 Å². The van der Waals surface area contributed by atoms with Crippen molar-refractivity contribution in [2.45, 2.75) is 89.8 Å². The summed E-state index contributed by atoms with van der Waals surface area (Å²) in [5.41, 5.74) is 0.790. The van der Waals surface area contributed by atoms with E-state index in [4.69, 9.17) is 4.98 Å². The average molecular weight is 411 g/mol. The molecule has 0 spiro atoms. The summed E-state index contributed by atoms with van der Waals surface area (Å²) in [6.07, 6.45) is 14.5. The predicted octanol–water partition coefficient (Wildman–Crippen LogP) is 3.04. The molecule has 2 aliphatic heterocycles. The van der Waals surface area contributed by atoms with Crippen LogP contribution in [0.15, 0.2) is 6.20 Å². The minimum absolute atomic E-state index is 0.0107. The van der Waals surface area contributed by atoms with E-state index in [9.17, 15) is 9.59 Å². The van der Waals surface area contributed by atoms with Crippen LogP contribution in [-0.2, 0) is 29.1 Å². The van der Waals surface area contributed by atoms with Gasteiger partial charge in [-0.2, -0.15) is 0 Å². The standard InChI is InChI=1S/C24H34N4O2/c29-22(25-14-19-15-27-6-2-1-5-21(27)26-19)20-4-3-7-28(20)23(30)24-11-16-8-17(12-24)10-18(9-16)13-24/h15-18,20H,1-14H2,(H,25,29). The van der Waals surface area contributed by atoms with E-state index >= 15 is 0 Å². The zero-order chi connectivity index (χ0) is 20.3. The van der Waals surface area contributed by atoms with Crippen LogP contribution >= 0.6 is 0 Å². The van der Waals surface area contributed by atoms with Crippen molar-refractivity contribution in [3.63, 3.8) is 0 Å². The maximum atomic E-state index is 13.8. The molecule has 4 saturated carbocycles. The summed E-state index contributed by atoms with van der Waals surface area (Å²) in [4.78, 5) is 33.5. The van der Waals surface area contributed by atoms with E-state index in [1.165, 1.54) is 32.1 Å². The first-order valence-electron chi connectivity index (χ1n) is 12.2. The number of nitrogens with one attached hydrogen (secondary N) is 1. The lowest BCUT2D eigenvalue weighted by Gasteiger charge is -2.56. The van der Waals surface area contributed by atoms with Gasteiger partial charge in [0.2, 0.25) is 11.8 Å². The second kappa shape index (κ2) is 7.10. The Morgan fingerprint density at radius 3 is 2.47 bits per heavy atom. The molecule has 6 nitrogen and oxygen atoms in total. The molecule has 1 aromatic heterocycles. The Bertz CT molecular complexity index is 801. The Morgan fingerprint density at radius 1 is 1.03 bits per heavy atom. The third-order valence-electron chi connectivity index (χ3n) is 8.71. The minimum Gasteiger partial charge on any atom is -0.349 e. The van der Waals surface area contributed by atoms with Gasteiger partial charge in [0.25, 0.3) is 0 Å². The molecule has 4 bridgehead atoms. The van der Waals surface area contributed by atoms with Crippen molar-refractivity contribution in [2.75, 3.05) is 6.54 Å². The smallest absolute Gasteiger partial charge is 0.243 e. The molecule has 4 aliphatic carbocycles. The van der Waals surface area contributed by atoms with Crippen molar-refractivity contribution in [3.8, 4) is 0 Å². The Balaban J connectivity index is 1.13. The number of nitrogens with zero attached hydrogens (tertiary/aromatic N) is 3. The van der Waals surface area contributed by atoms with Gasteiger partial charge in [-0.25, -0.2) is 4.98 Å². The Kier molecular flexibility index (Phi) is 4.47. The number of hydrogen-bond donors (Lipinski definition) is 1. The number of imidazole rings is 1. The van der Waals surface area contributed by atoms with Crippen LogP contribution in [0.4, 0.5) is 0 Å². The normalized spacial score (nSPS) is 36.7. The van der Waals surface area contributed by atoms with Crippen LogP contribution in [0.3, 0.4) is 0 Å². The number of amides is 2. The predicted molar refractivity (Wildman–Crippen MR) is 112 cm³/mol. The summed E-state index contributed by atoms with van der Waals surface area (Å²) in [5, 5.41) is 3.10. The van der Waals surface area contributed by atoms with Gasteiger partial charge in [0, 0.05) is 25.7 Å². The third-order valence-corrected chi connectivity index (χ3v) is 8.71. The number of likely N-dealkylation sites (tertiary alicyclic amines) is 1. The fourth-order valence-corrected chi connectivity index (χ4v) is 7.81. The Hall–Kier alpha value is -1.85. The summed E-state index contributed by atoms with van der Waals surface area (Å²) in [6.45, 7) is 2.25. The first kappa shape index (κ1) is 18.9.